The van der Waals surface area contributed by atoms with Gasteiger partial charge >= 0.3 is 0 Å². The molecule has 6 nitrogen and oxygen atoms in total. The van der Waals surface area contributed by atoms with Crippen LogP contribution in [0.5, 0.6) is 17.2 Å². The van der Waals surface area contributed by atoms with Gasteiger partial charge in [-0.25, -0.2) is 0 Å². The fourth-order valence-corrected chi connectivity index (χ4v) is 3.75. The van der Waals surface area contributed by atoms with Gasteiger partial charge in [0.25, 0.3) is 0 Å². The zero-order chi connectivity index (χ0) is 22.9. The minimum atomic E-state index is -0.167. The summed E-state index contributed by atoms with van der Waals surface area (Å²) >= 11 is 0. The number of unbranched alkanes of at least 4 members (excludes halogenated alkanes) is 2. The van der Waals surface area contributed by atoms with Crippen molar-refractivity contribution in [1.82, 2.24) is 4.90 Å². The van der Waals surface area contributed by atoms with E-state index in [1.807, 2.05) is 18.2 Å². The van der Waals surface area contributed by atoms with Gasteiger partial charge in [0.2, 0.25) is 11.2 Å². The van der Waals surface area contributed by atoms with Crippen LogP contribution in [0.25, 0.3) is 22.3 Å². The Morgan fingerprint density at radius 1 is 0.906 bits per heavy atom. The highest BCUT2D eigenvalue weighted by molar-refractivity contribution is 5.82. The second-order valence-electron chi connectivity index (χ2n) is 7.59. The quantitative estimate of drug-likeness (QED) is 0.354. The molecule has 1 heterocycles. The maximum absolute atomic E-state index is 13.2. The van der Waals surface area contributed by atoms with Crippen LogP contribution in [0.1, 0.15) is 33.1 Å². The average Bonchev–Trinajstić information content (AvgIpc) is 2.84. The summed E-state index contributed by atoms with van der Waals surface area (Å²) in [6.45, 7) is 8.05. The topological polar surface area (TPSA) is 61.1 Å². The summed E-state index contributed by atoms with van der Waals surface area (Å²) in [5.41, 5.74) is 1.05. The predicted molar refractivity (Wildman–Crippen MR) is 128 cm³/mol. The number of benzene rings is 2. The van der Waals surface area contributed by atoms with Crippen molar-refractivity contribution in [2.45, 2.75) is 33.1 Å². The van der Waals surface area contributed by atoms with E-state index in [2.05, 4.69) is 18.7 Å². The maximum Gasteiger partial charge on any atom is 0.235 e. The van der Waals surface area contributed by atoms with Gasteiger partial charge in [-0.3, -0.25) is 4.79 Å². The molecule has 172 valence electrons. The zero-order valence-electron chi connectivity index (χ0n) is 19.5. The molecule has 0 N–H and O–H groups in total. The summed E-state index contributed by atoms with van der Waals surface area (Å²) in [5.74, 6) is 1.80. The minimum Gasteiger partial charge on any atom is -0.493 e. The lowest BCUT2D eigenvalue weighted by atomic mass is 10.1. The normalized spacial score (nSPS) is 11.2. The Hall–Kier alpha value is -2.99. The van der Waals surface area contributed by atoms with Crippen molar-refractivity contribution in [1.29, 1.82) is 0 Å². The molecule has 0 aliphatic carbocycles. The van der Waals surface area contributed by atoms with Crippen molar-refractivity contribution in [3.05, 3.63) is 52.7 Å². The van der Waals surface area contributed by atoms with E-state index in [4.69, 9.17) is 18.6 Å². The Morgan fingerprint density at radius 2 is 1.66 bits per heavy atom. The summed E-state index contributed by atoms with van der Waals surface area (Å²) < 4.78 is 22.9. The number of rotatable bonds is 12. The largest absolute Gasteiger partial charge is 0.493 e. The van der Waals surface area contributed by atoms with Crippen molar-refractivity contribution in [2.24, 2.45) is 0 Å². The van der Waals surface area contributed by atoms with Crippen molar-refractivity contribution in [2.75, 3.05) is 40.5 Å². The van der Waals surface area contributed by atoms with Gasteiger partial charge < -0.3 is 23.5 Å². The molecule has 1 aromatic heterocycles. The summed E-state index contributed by atoms with van der Waals surface area (Å²) in [7, 11) is 3.16. The maximum atomic E-state index is 13.2. The molecule has 3 aromatic rings. The summed E-state index contributed by atoms with van der Waals surface area (Å²) in [5, 5.41) is 0.508. The summed E-state index contributed by atoms with van der Waals surface area (Å²) in [6, 6.07) is 12.6. The molecule has 0 saturated heterocycles. The van der Waals surface area contributed by atoms with Crippen LogP contribution in [0.15, 0.2) is 51.7 Å². The van der Waals surface area contributed by atoms with Crippen molar-refractivity contribution in [3.8, 4) is 28.6 Å². The molecule has 0 unspecified atom stereocenters. The first kappa shape index (κ1) is 23.7. The van der Waals surface area contributed by atoms with Crippen molar-refractivity contribution < 1.29 is 18.6 Å². The van der Waals surface area contributed by atoms with Crippen LogP contribution in [0.4, 0.5) is 0 Å². The molecule has 0 bridgehead atoms. The van der Waals surface area contributed by atoms with E-state index in [-0.39, 0.29) is 11.2 Å². The molecule has 0 fully saturated rings. The fourth-order valence-electron chi connectivity index (χ4n) is 3.75. The Bertz CT molecular complexity index is 1070. The lowest BCUT2D eigenvalue weighted by molar-refractivity contribution is 0.274. The first-order valence-corrected chi connectivity index (χ1v) is 11.3. The number of fused-ring (bicyclic) bond motifs is 1. The molecule has 2 aromatic carbocycles. The average molecular weight is 440 g/mol. The zero-order valence-corrected chi connectivity index (χ0v) is 19.5. The van der Waals surface area contributed by atoms with Crippen LogP contribution in [0, 0.1) is 0 Å². The van der Waals surface area contributed by atoms with Crippen LogP contribution in [0.2, 0.25) is 0 Å². The van der Waals surface area contributed by atoms with E-state index in [1.165, 1.54) is 0 Å². The smallest absolute Gasteiger partial charge is 0.235 e. The number of ether oxygens (including phenoxy) is 3. The molecular formula is C26H33NO5. The van der Waals surface area contributed by atoms with E-state index >= 15 is 0 Å². The number of para-hydroxylation sites is 1. The molecule has 0 atom stereocenters. The second-order valence-corrected chi connectivity index (χ2v) is 7.59. The lowest BCUT2D eigenvalue weighted by Crippen LogP contribution is -2.23. The van der Waals surface area contributed by atoms with Gasteiger partial charge in [0.15, 0.2) is 17.3 Å². The molecule has 32 heavy (non-hydrogen) atoms. The minimum absolute atomic E-state index is 0.167. The SMILES string of the molecule is CCN(CC)CCCCCOc1c(-c2ccc(OC)c(OC)c2)oc2ccccc2c1=O. The molecule has 0 saturated carbocycles. The van der Waals surface area contributed by atoms with E-state index in [0.29, 0.717) is 40.4 Å². The summed E-state index contributed by atoms with van der Waals surface area (Å²) in [4.78, 5) is 15.7. The third-order valence-corrected chi connectivity index (χ3v) is 5.66. The van der Waals surface area contributed by atoms with Crippen LogP contribution in [0.3, 0.4) is 0 Å². The highest BCUT2D eigenvalue weighted by atomic mass is 16.5. The standard InChI is InChI=1S/C26H33NO5/c1-5-27(6-2)16-10-7-11-17-31-26-24(28)20-12-8-9-13-21(20)32-25(26)19-14-15-22(29-3)23(18-19)30-4/h8-9,12-15,18H,5-7,10-11,16-17H2,1-4H3. The molecule has 0 amide bonds. The van der Waals surface area contributed by atoms with Crippen LogP contribution in [-0.2, 0) is 0 Å². The van der Waals surface area contributed by atoms with Crippen LogP contribution >= 0.6 is 0 Å². The predicted octanol–water partition coefficient (Wildman–Crippen LogP) is 5.37. The van der Waals surface area contributed by atoms with Gasteiger partial charge in [-0.05, 0) is 69.2 Å². The Kier molecular flexibility index (Phi) is 8.56. The Balaban J connectivity index is 1.85. The monoisotopic (exact) mass is 439 g/mol. The number of hydrogen-bond acceptors (Lipinski definition) is 6. The van der Waals surface area contributed by atoms with Gasteiger partial charge in [-0.2, -0.15) is 0 Å². The van der Waals surface area contributed by atoms with Crippen LogP contribution in [-0.4, -0.2) is 45.4 Å². The molecular weight excluding hydrogens is 406 g/mol. The third-order valence-electron chi connectivity index (χ3n) is 5.66. The van der Waals surface area contributed by atoms with Gasteiger partial charge in [0.1, 0.15) is 5.58 Å². The van der Waals surface area contributed by atoms with E-state index in [0.717, 1.165) is 38.9 Å². The lowest BCUT2D eigenvalue weighted by Gasteiger charge is -2.17. The number of nitrogens with zero attached hydrogens (tertiary/aromatic N) is 1. The molecule has 0 aliphatic heterocycles. The van der Waals surface area contributed by atoms with Gasteiger partial charge in [0, 0.05) is 5.56 Å². The Labute approximate surface area is 189 Å². The number of methoxy groups -OCH3 is 2. The molecule has 6 heteroatoms. The highest BCUT2D eigenvalue weighted by Gasteiger charge is 2.19. The van der Waals surface area contributed by atoms with E-state index in [9.17, 15) is 4.79 Å². The Morgan fingerprint density at radius 3 is 2.38 bits per heavy atom. The molecule has 0 spiro atoms. The first-order chi connectivity index (χ1) is 15.6. The van der Waals surface area contributed by atoms with Crippen LogP contribution < -0.4 is 19.6 Å². The van der Waals surface area contributed by atoms with E-state index < -0.39 is 0 Å². The van der Waals surface area contributed by atoms with E-state index in [1.54, 1.807) is 38.5 Å². The summed E-state index contributed by atoms with van der Waals surface area (Å²) in [6.07, 6.45) is 3.03. The third kappa shape index (κ3) is 5.43. The van der Waals surface area contributed by atoms with Gasteiger partial charge in [0.05, 0.1) is 26.2 Å². The van der Waals surface area contributed by atoms with Gasteiger partial charge in [-0.1, -0.05) is 26.0 Å². The fraction of sp³-hybridized carbons (Fsp3) is 0.423. The van der Waals surface area contributed by atoms with Crippen molar-refractivity contribution >= 4 is 11.0 Å². The second kappa shape index (κ2) is 11.6. The molecule has 0 radical (unpaired) electrons. The van der Waals surface area contributed by atoms with Crippen molar-refractivity contribution in [3.63, 3.8) is 0 Å². The first-order valence-electron chi connectivity index (χ1n) is 11.3. The number of hydrogen-bond donors (Lipinski definition) is 0. The molecule has 0 aliphatic rings. The highest BCUT2D eigenvalue weighted by Crippen LogP contribution is 2.36. The molecule has 3 rings (SSSR count). The van der Waals surface area contributed by atoms with Gasteiger partial charge in [-0.15, -0.1) is 0 Å².